The van der Waals surface area contributed by atoms with Gasteiger partial charge in [-0.2, -0.15) is 0 Å². The number of amides is 1. The maximum absolute atomic E-state index is 11.2. The average Bonchev–Trinajstić information content (AvgIpc) is 2.29. The Bertz CT molecular complexity index is 464. The van der Waals surface area contributed by atoms with Crippen LogP contribution in [0.2, 0.25) is 0 Å². The lowest BCUT2D eigenvalue weighted by molar-refractivity contribution is -0.383. The minimum absolute atomic E-state index is 0.0453. The summed E-state index contributed by atoms with van der Waals surface area (Å²) in [6.45, 7) is 1.73. The number of carbonyl (C=O) groups is 1. The van der Waals surface area contributed by atoms with E-state index in [1.807, 2.05) is 0 Å². The first-order chi connectivity index (χ1) is 8.45. The van der Waals surface area contributed by atoms with Crippen molar-refractivity contribution in [2.75, 3.05) is 11.9 Å². The van der Waals surface area contributed by atoms with Crippen LogP contribution in [0.15, 0.2) is 18.2 Å². The molecule has 0 fully saturated rings. The molecule has 0 aliphatic rings. The number of rotatable bonds is 4. The van der Waals surface area contributed by atoms with Crippen LogP contribution in [-0.4, -0.2) is 34.8 Å². The van der Waals surface area contributed by atoms with E-state index >= 15 is 0 Å². The topological polar surface area (TPSA) is 122 Å². The van der Waals surface area contributed by atoms with E-state index in [1.54, 1.807) is 6.92 Å². The summed E-state index contributed by atoms with van der Waals surface area (Å²) in [5.41, 5.74) is -0.576. The van der Waals surface area contributed by atoms with E-state index in [2.05, 4.69) is 10.1 Å². The highest BCUT2D eigenvalue weighted by molar-refractivity contribution is 6.58. The highest BCUT2D eigenvalue weighted by Crippen LogP contribution is 2.22. The van der Waals surface area contributed by atoms with Gasteiger partial charge in [0, 0.05) is 6.07 Å². The lowest BCUT2D eigenvalue weighted by atomic mass is 9.80. The third-order valence-electron chi connectivity index (χ3n) is 2.03. The number of benzene rings is 1. The van der Waals surface area contributed by atoms with Crippen molar-refractivity contribution in [2.24, 2.45) is 0 Å². The molecule has 96 valence electrons. The maximum atomic E-state index is 11.2. The van der Waals surface area contributed by atoms with Crippen LogP contribution in [0.1, 0.15) is 6.92 Å². The summed E-state index contributed by atoms with van der Waals surface area (Å²) in [4.78, 5) is 21.2. The maximum Gasteiger partial charge on any atom is 0.488 e. The molecule has 1 aromatic carbocycles. The summed E-state index contributed by atoms with van der Waals surface area (Å²) in [6, 6.07) is 3.41. The SMILES string of the molecule is CCOC(=O)Nc1ccc(B(O)O)cc1[N+](=O)[O-]. The number of nitro benzene ring substituents is 1. The fraction of sp³-hybridized carbons (Fsp3) is 0.222. The second-order valence-electron chi connectivity index (χ2n) is 3.25. The summed E-state index contributed by atoms with van der Waals surface area (Å²) >= 11 is 0. The second kappa shape index (κ2) is 5.98. The largest absolute Gasteiger partial charge is 0.488 e. The van der Waals surface area contributed by atoms with Gasteiger partial charge in [0.15, 0.2) is 0 Å². The minimum atomic E-state index is -1.82. The van der Waals surface area contributed by atoms with E-state index in [0.717, 1.165) is 6.07 Å². The van der Waals surface area contributed by atoms with E-state index in [-0.39, 0.29) is 17.8 Å². The Labute approximate surface area is 102 Å². The Morgan fingerprint density at radius 3 is 2.72 bits per heavy atom. The number of hydrogen-bond acceptors (Lipinski definition) is 6. The standard InChI is InChI=1S/C9H11BN2O6/c1-2-18-9(13)11-7-4-3-6(10(14)15)5-8(7)12(16)17/h3-5,14-15H,2H2,1H3,(H,11,13). The first-order valence-corrected chi connectivity index (χ1v) is 5.04. The Morgan fingerprint density at radius 2 is 2.22 bits per heavy atom. The molecule has 8 nitrogen and oxygen atoms in total. The number of nitrogens with zero attached hydrogens (tertiary/aromatic N) is 1. The van der Waals surface area contributed by atoms with Crippen LogP contribution in [0, 0.1) is 10.1 Å². The molecular formula is C9H11BN2O6. The van der Waals surface area contributed by atoms with Gasteiger partial charge in [0.05, 0.1) is 11.5 Å². The number of hydrogen-bond donors (Lipinski definition) is 3. The molecule has 0 heterocycles. The molecule has 0 atom stereocenters. The van der Waals surface area contributed by atoms with Crippen molar-refractivity contribution < 1.29 is 24.5 Å². The predicted molar refractivity (Wildman–Crippen MR) is 63.6 cm³/mol. The smallest absolute Gasteiger partial charge is 0.450 e. The van der Waals surface area contributed by atoms with E-state index in [0.29, 0.717) is 0 Å². The molecule has 9 heteroatoms. The molecule has 0 spiro atoms. The Balaban J connectivity index is 3.04. The number of carbonyl (C=O) groups excluding carboxylic acids is 1. The quantitative estimate of drug-likeness (QED) is 0.390. The predicted octanol–water partition coefficient (Wildman–Crippen LogP) is -0.157. The van der Waals surface area contributed by atoms with Gasteiger partial charge in [-0.05, 0) is 18.5 Å². The lowest BCUT2D eigenvalue weighted by Crippen LogP contribution is -2.30. The summed E-state index contributed by atoms with van der Waals surface area (Å²) in [7, 11) is -1.82. The summed E-state index contributed by atoms with van der Waals surface area (Å²) in [6.07, 6.45) is -0.821. The molecule has 3 N–H and O–H groups in total. The number of ether oxygens (including phenoxy) is 1. The van der Waals surface area contributed by atoms with Gasteiger partial charge in [0.1, 0.15) is 5.69 Å². The molecule has 1 rings (SSSR count). The highest BCUT2D eigenvalue weighted by Gasteiger charge is 2.21. The zero-order valence-corrected chi connectivity index (χ0v) is 9.49. The number of nitrogens with one attached hydrogen (secondary N) is 1. The van der Waals surface area contributed by atoms with Crippen molar-refractivity contribution in [3.63, 3.8) is 0 Å². The highest BCUT2D eigenvalue weighted by atomic mass is 16.6. The molecule has 1 aromatic rings. The molecule has 0 saturated carbocycles. The van der Waals surface area contributed by atoms with Crippen molar-refractivity contribution in [1.29, 1.82) is 0 Å². The third kappa shape index (κ3) is 3.44. The van der Waals surface area contributed by atoms with Gasteiger partial charge in [-0.1, -0.05) is 6.07 Å². The van der Waals surface area contributed by atoms with E-state index in [1.165, 1.54) is 12.1 Å². The number of nitro groups is 1. The van der Waals surface area contributed by atoms with Crippen LogP contribution < -0.4 is 10.8 Å². The Kier molecular flexibility index (Phi) is 4.63. The molecular weight excluding hydrogens is 243 g/mol. The van der Waals surface area contributed by atoms with Crippen molar-refractivity contribution in [3.8, 4) is 0 Å². The van der Waals surface area contributed by atoms with Gasteiger partial charge >= 0.3 is 13.2 Å². The van der Waals surface area contributed by atoms with Crippen molar-refractivity contribution in [2.45, 2.75) is 6.92 Å². The fourth-order valence-electron chi connectivity index (χ4n) is 1.24. The average molecular weight is 254 g/mol. The van der Waals surface area contributed by atoms with Crippen LogP contribution in [-0.2, 0) is 4.74 Å². The molecule has 0 aliphatic carbocycles. The van der Waals surface area contributed by atoms with Crippen molar-refractivity contribution in [1.82, 2.24) is 0 Å². The van der Waals surface area contributed by atoms with Crippen LogP contribution in [0.3, 0.4) is 0 Å². The summed E-state index contributed by atoms with van der Waals surface area (Å²) < 4.78 is 4.59. The van der Waals surface area contributed by atoms with Crippen molar-refractivity contribution >= 4 is 30.0 Å². The monoisotopic (exact) mass is 254 g/mol. The zero-order valence-electron chi connectivity index (χ0n) is 9.49. The van der Waals surface area contributed by atoms with E-state index < -0.39 is 23.8 Å². The molecule has 18 heavy (non-hydrogen) atoms. The van der Waals surface area contributed by atoms with Gasteiger partial charge in [-0.25, -0.2) is 4.79 Å². The van der Waals surface area contributed by atoms with Crippen LogP contribution in [0.25, 0.3) is 0 Å². The Morgan fingerprint density at radius 1 is 1.56 bits per heavy atom. The Hall–Kier alpha value is -2.13. The normalized spacial score (nSPS) is 9.72. The lowest BCUT2D eigenvalue weighted by Gasteiger charge is -2.07. The van der Waals surface area contributed by atoms with Crippen LogP contribution >= 0.6 is 0 Å². The minimum Gasteiger partial charge on any atom is -0.450 e. The van der Waals surface area contributed by atoms with Gasteiger partial charge in [-0.3, -0.25) is 15.4 Å². The molecule has 0 aromatic heterocycles. The van der Waals surface area contributed by atoms with Crippen molar-refractivity contribution in [3.05, 3.63) is 28.3 Å². The second-order valence-corrected chi connectivity index (χ2v) is 3.25. The van der Waals surface area contributed by atoms with Crippen LogP contribution in [0.5, 0.6) is 0 Å². The fourth-order valence-corrected chi connectivity index (χ4v) is 1.24. The van der Waals surface area contributed by atoms with Crippen LogP contribution in [0.4, 0.5) is 16.2 Å². The molecule has 0 aliphatic heterocycles. The number of anilines is 1. The first kappa shape index (κ1) is 13.9. The molecule has 0 unspecified atom stereocenters. The molecule has 1 amide bonds. The van der Waals surface area contributed by atoms with E-state index in [9.17, 15) is 14.9 Å². The van der Waals surface area contributed by atoms with Gasteiger partial charge in [0.2, 0.25) is 0 Å². The molecule has 0 saturated heterocycles. The van der Waals surface area contributed by atoms with Gasteiger partial charge < -0.3 is 14.8 Å². The summed E-state index contributed by atoms with van der Waals surface area (Å²) in [5, 5.41) is 30.8. The van der Waals surface area contributed by atoms with E-state index in [4.69, 9.17) is 10.0 Å². The van der Waals surface area contributed by atoms with Gasteiger partial charge in [0.25, 0.3) is 5.69 Å². The molecule has 0 bridgehead atoms. The first-order valence-electron chi connectivity index (χ1n) is 5.04. The van der Waals surface area contributed by atoms with Gasteiger partial charge in [-0.15, -0.1) is 0 Å². The molecule has 0 radical (unpaired) electrons. The third-order valence-corrected chi connectivity index (χ3v) is 2.03. The summed E-state index contributed by atoms with van der Waals surface area (Å²) in [5.74, 6) is 0. The zero-order chi connectivity index (χ0) is 13.7.